The number of benzene rings is 1. The van der Waals surface area contributed by atoms with Gasteiger partial charge in [0.15, 0.2) is 0 Å². The first kappa shape index (κ1) is 12.3. The lowest BCUT2D eigenvalue weighted by molar-refractivity contribution is 0.689. The summed E-state index contributed by atoms with van der Waals surface area (Å²) < 4.78 is 0. The summed E-state index contributed by atoms with van der Waals surface area (Å²) in [6.07, 6.45) is 2.88. The molecule has 0 atom stereocenters. The van der Waals surface area contributed by atoms with E-state index in [4.69, 9.17) is 0 Å². The van der Waals surface area contributed by atoms with Gasteiger partial charge in [-0.15, -0.1) is 0 Å². The second-order valence-electron chi connectivity index (χ2n) is 4.55. The van der Waals surface area contributed by atoms with Gasteiger partial charge in [0.1, 0.15) is 0 Å². The molecule has 2 nitrogen and oxygen atoms in total. The van der Waals surface area contributed by atoms with Crippen LogP contribution in [0.4, 0.5) is 0 Å². The highest BCUT2D eigenvalue weighted by atomic mass is 32.1. The monoisotopic (exact) mass is 268 g/mol. The Hall–Kier alpha value is -1.71. The fourth-order valence-corrected chi connectivity index (χ4v) is 2.89. The Morgan fingerprint density at radius 2 is 2.05 bits per heavy atom. The molecular formula is C16H16N2S. The summed E-state index contributed by atoms with van der Waals surface area (Å²) >= 11 is 1.75. The van der Waals surface area contributed by atoms with Crippen LogP contribution in [0.25, 0.3) is 10.9 Å². The fraction of sp³-hybridized carbons (Fsp3) is 0.188. The zero-order chi connectivity index (χ0) is 12.9. The second kappa shape index (κ2) is 5.95. The third kappa shape index (κ3) is 3.00. The molecule has 2 heterocycles. The minimum Gasteiger partial charge on any atom is -0.312 e. The predicted octanol–water partition coefficient (Wildman–Crippen LogP) is 3.63. The van der Waals surface area contributed by atoms with Crippen molar-refractivity contribution in [3.05, 3.63) is 64.5 Å². The van der Waals surface area contributed by atoms with Gasteiger partial charge in [-0.2, -0.15) is 11.3 Å². The third-order valence-electron chi connectivity index (χ3n) is 3.20. The van der Waals surface area contributed by atoms with Crippen LogP contribution in [0.15, 0.2) is 53.4 Å². The van der Waals surface area contributed by atoms with Crippen LogP contribution in [0.5, 0.6) is 0 Å². The maximum atomic E-state index is 4.48. The van der Waals surface area contributed by atoms with Crippen molar-refractivity contribution in [2.24, 2.45) is 0 Å². The van der Waals surface area contributed by atoms with Gasteiger partial charge in [-0.1, -0.05) is 24.3 Å². The van der Waals surface area contributed by atoms with Crippen LogP contribution in [-0.4, -0.2) is 11.5 Å². The normalized spacial score (nSPS) is 10.9. The molecule has 2 aromatic heterocycles. The van der Waals surface area contributed by atoms with Gasteiger partial charge in [0.05, 0.1) is 5.52 Å². The molecule has 1 N–H and O–H groups in total. The van der Waals surface area contributed by atoms with Gasteiger partial charge in [0, 0.05) is 18.1 Å². The largest absolute Gasteiger partial charge is 0.312 e. The molecule has 0 saturated carbocycles. The molecule has 3 rings (SSSR count). The van der Waals surface area contributed by atoms with Crippen molar-refractivity contribution in [2.45, 2.75) is 13.0 Å². The van der Waals surface area contributed by atoms with E-state index < -0.39 is 0 Å². The Kier molecular flexibility index (Phi) is 3.86. The van der Waals surface area contributed by atoms with Gasteiger partial charge in [-0.05, 0) is 47.0 Å². The molecule has 3 heteroatoms. The first-order valence-electron chi connectivity index (χ1n) is 6.48. The predicted molar refractivity (Wildman–Crippen MR) is 81.5 cm³/mol. The van der Waals surface area contributed by atoms with Crippen LogP contribution in [0.2, 0.25) is 0 Å². The fourth-order valence-electron chi connectivity index (χ4n) is 2.22. The standard InChI is InChI=1S/C16H16N2S/c1-3-14-5-2-8-18-16(14)15(4-1)6-9-17-11-13-7-10-19-12-13/h1-5,7-8,10,12,17H,6,9,11H2. The number of thiophene rings is 1. The lowest BCUT2D eigenvalue weighted by atomic mass is 10.1. The third-order valence-corrected chi connectivity index (χ3v) is 3.93. The van der Waals surface area contributed by atoms with Crippen molar-refractivity contribution in [1.29, 1.82) is 0 Å². The van der Waals surface area contributed by atoms with Crippen LogP contribution in [0, 0.1) is 0 Å². The van der Waals surface area contributed by atoms with Gasteiger partial charge < -0.3 is 5.32 Å². The summed E-state index contributed by atoms with van der Waals surface area (Å²) in [5.41, 5.74) is 3.80. The highest BCUT2D eigenvalue weighted by Crippen LogP contribution is 2.16. The number of para-hydroxylation sites is 1. The lowest BCUT2D eigenvalue weighted by Crippen LogP contribution is -2.16. The number of aromatic nitrogens is 1. The summed E-state index contributed by atoms with van der Waals surface area (Å²) in [5.74, 6) is 0. The zero-order valence-corrected chi connectivity index (χ0v) is 11.5. The molecule has 0 fully saturated rings. The molecule has 0 spiro atoms. The van der Waals surface area contributed by atoms with Gasteiger partial charge in [-0.3, -0.25) is 4.98 Å². The van der Waals surface area contributed by atoms with Crippen molar-refractivity contribution in [2.75, 3.05) is 6.54 Å². The minimum atomic E-state index is 0.946. The average Bonchev–Trinajstić information content (AvgIpc) is 2.97. The van der Waals surface area contributed by atoms with E-state index in [1.165, 1.54) is 16.5 Å². The topological polar surface area (TPSA) is 24.9 Å². The zero-order valence-electron chi connectivity index (χ0n) is 10.7. The Morgan fingerprint density at radius 3 is 2.95 bits per heavy atom. The number of fused-ring (bicyclic) bond motifs is 1. The van der Waals surface area contributed by atoms with Crippen molar-refractivity contribution < 1.29 is 0 Å². The summed E-state index contributed by atoms with van der Waals surface area (Å²) in [6.45, 7) is 1.92. The Morgan fingerprint density at radius 1 is 1.11 bits per heavy atom. The maximum Gasteiger partial charge on any atom is 0.0734 e. The van der Waals surface area contributed by atoms with E-state index in [1.54, 1.807) is 11.3 Å². The van der Waals surface area contributed by atoms with Gasteiger partial charge in [-0.25, -0.2) is 0 Å². The molecule has 0 saturated heterocycles. The Labute approximate surface area is 117 Å². The highest BCUT2D eigenvalue weighted by Gasteiger charge is 2.01. The van der Waals surface area contributed by atoms with Crippen molar-refractivity contribution >= 4 is 22.2 Å². The number of nitrogens with zero attached hydrogens (tertiary/aromatic N) is 1. The number of hydrogen-bond acceptors (Lipinski definition) is 3. The van der Waals surface area contributed by atoms with E-state index in [0.717, 1.165) is 25.0 Å². The Balaban J connectivity index is 1.62. The molecule has 19 heavy (non-hydrogen) atoms. The van der Waals surface area contributed by atoms with Crippen LogP contribution in [-0.2, 0) is 13.0 Å². The van der Waals surface area contributed by atoms with Gasteiger partial charge in [0.2, 0.25) is 0 Å². The van der Waals surface area contributed by atoms with E-state index in [9.17, 15) is 0 Å². The molecule has 3 aromatic rings. The summed E-state index contributed by atoms with van der Waals surface area (Å²) in [4.78, 5) is 4.48. The van der Waals surface area contributed by atoms with Crippen LogP contribution in [0.1, 0.15) is 11.1 Å². The molecule has 0 aliphatic rings. The summed E-state index contributed by atoms with van der Waals surface area (Å²) in [6, 6.07) is 12.7. The molecular weight excluding hydrogens is 252 g/mol. The van der Waals surface area contributed by atoms with E-state index in [1.807, 2.05) is 12.3 Å². The smallest absolute Gasteiger partial charge is 0.0734 e. The molecule has 0 amide bonds. The van der Waals surface area contributed by atoms with Crippen LogP contribution in [0.3, 0.4) is 0 Å². The summed E-state index contributed by atoms with van der Waals surface area (Å²) in [5, 5.41) is 9.00. The van der Waals surface area contributed by atoms with Crippen LogP contribution < -0.4 is 5.32 Å². The number of rotatable bonds is 5. The first-order valence-corrected chi connectivity index (χ1v) is 7.42. The van der Waals surface area contributed by atoms with Crippen molar-refractivity contribution in [3.63, 3.8) is 0 Å². The Bertz CT molecular complexity index is 641. The SMILES string of the molecule is c1cnc2c(CCNCc3ccsc3)cccc2c1. The molecule has 0 unspecified atom stereocenters. The molecule has 0 aliphatic carbocycles. The molecule has 96 valence electrons. The highest BCUT2D eigenvalue weighted by molar-refractivity contribution is 7.07. The summed E-state index contributed by atoms with van der Waals surface area (Å²) in [7, 11) is 0. The molecule has 0 bridgehead atoms. The lowest BCUT2D eigenvalue weighted by Gasteiger charge is -2.06. The minimum absolute atomic E-state index is 0.946. The second-order valence-corrected chi connectivity index (χ2v) is 5.33. The van der Waals surface area contributed by atoms with E-state index >= 15 is 0 Å². The maximum absolute atomic E-state index is 4.48. The van der Waals surface area contributed by atoms with Crippen molar-refractivity contribution in [3.8, 4) is 0 Å². The van der Waals surface area contributed by atoms with E-state index in [2.05, 4.69) is 51.4 Å². The molecule has 0 radical (unpaired) electrons. The van der Waals surface area contributed by atoms with E-state index in [0.29, 0.717) is 0 Å². The number of nitrogens with one attached hydrogen (secondary N) is 1. The quantitative estimate of drug-likeness (QED) is 0.715. The molecule has 1 aromatic carbocycles. The average molecular weight is 268 g/mol. The number of pyridine rings is 1. The van der Waals surface area contributed by atoms with Gasteiger partial charge >= 0.3 is 0 Å². The number of hydrogen-bond donors (Lipinski definition) is 1. The van der Waals surface area contributed by atoms with Crippen LogP contribution >= 0.6 is 11.3 Å². The van der Waals surface area contributed by atoms with Crippen molar-refractivity contribution in [1.82, 2.24) is 10.3 Å². The molecule has 0 aliphatic heterocycles. The first-order chi connectivity index (χ1) is 9.43. The van der Waals surface area contributed by atoms with E-state index in [-0.39, 0.29) is 0 Å². The van der Waals surface area contributed by atoms with Gasteiger partial charge in [0.25, 0.3) is 0 Å².